The van der Waals surface area contributed by atoms with Gasteiger partial charge < -0.3 is 14.9 Å². The van der Waals surface area contributed by atoms with E-state index < -0.39 is 30.1 Å². The molecule has 0 spiro atoms. The molecule has 4 rings (SSSR count). The van der Waals surface area contributed by atoms with Crippen molar-refractivity contribution in [3.8, 4) is 0 Å². The number of allylic oxidation sites excluding steroid dienone is 1. The van der Waals surface area contributed by atoms with E-state index in [-0.39, 0.29) is 35.4 Å². The zero-order chi connectivity index (χ0) is 19.3. The zero-order valence-corrected chi connectivity index (χ0v) is 15.7. The van der Waals surface area contributed by atoms with Crippen LogP contribution in [0.3, 0.4) is 0 Å². The molecule has 0 amide bonds. The standard InChI is InChI=1S/C21H28O6/c1-11(22)27-10-19(25)21(26)7-6-15-16-4-2-12-8-13(23)3-5-14(12)20(16)18(24)9-17(15)21/h8,14-18,20,24,26H,2-7,9-10H2,1H3/t14-,15+,16-,17-,18-,20-,21-/m0/s1. The molecule has 0 bridgehead atoms. The van der Waals surface area contributed by atoms with Gasteiger partial charge in [-0.15, -0.1) is 0 Å². The van der Waals surface area contributed by atoms with Gasteiger partial charge in [0, 0.05) is 19.3 Å². The minimum Gasteiger partial charge on any atom is -0.458 e. The predicted molar refractivity (Wildman–Crippen MR) is 95.5 cm³/mol. The quantitative estimate of drug-likeness (QED) is 0.725. The maximum atomic E-state index is 12.6. The molecule has 4 aliphatic rings. The molecule has 0 aliphatic heterocycles. The Morgan fingerprint density at radius 1 is 1.22 bits per heavy atom. The molecule has 7 atom stereocenters. The molecule has 3 fully saturated rings. The normalized spacial score (nSPS) is 43.2. The van der Waals surface area contributed by atoms with E-state index in [1.807, 2.05) is 0 Å². The molecule has 0 aromatic heterocycles. The molecule has 27 heavy (non-hydrogen) atoms. The number of hydrogen-bond acceptors (Lipinski definition) is 6. The van der Waals surface area contributed by atoms with Crippen LogP contribution in [-0.2, 0) is 19.1 Å². The fourth-order valence-corrected chi connectivity index (χ4v) is 6.51. The van der Waals surface area contributed by atoms with E-state index in [2.05, 4.69) is 0 Å². The molecule has 0 aromatic carbocycles. The van der Waals surface area contributed by atoms with Gasteiger partial charge in [-0.2, -0.15) is 0 Å². The highest BCUT2D eigenvalue weighted by atomic mass is 16.5. The topological polar surface area (TPSA) is 101 Å². The predicted octanol–water partition coefficient (Wildman–Crippen LogP) is 1.57. The van der Waals surface area contributed by atoms with Crippen molar-refractivity contribution in [2.75, 3.05) is 6.61 Å². The molecule has 0 saturated heterocycles. The van der Waals surface area contributed by atoms with Crippen molar-refractivity contribution in [2.45, 2.75) is 63.6 Å². The minimum absolute atomic E-state index is 0.116. The van der Waals surface area contributed by atoms with E-state index in [0.29, 0.717) is 19.3 Å². The van der Waals surface area contributed by atoms with Gasteiger partial charge in [-0.05, 0) is 68.3 Å². The van der Waals surface area contributed by atoms with E-state index in [0.717, 1.165) is 25.7 Å². The van der Waals surface area contributed by atoms with Crippen LogP contribution in [0.2, 0.25) is 0 Å². The molecule has 6 heteroatoms. The Kier molecular flexibility index (Phi) is 4.75. The Morgan fingerprint density at radius 2 is 2.00 bits per heavy atom. The molecule has 0 unspecified atom stereocenters. The number of esters is 1. The second kappa shape index (κ2) is 6.82. The summed E-state index contributed by atoms with van der Waals surface area (Å²) in [6.07, 6.45) is 5.83. The van der Waals surface area contributed by atoms with Crippen molar-refractivity contribution < 1.29 is 29.3 Å². The largest absolute Gasteiger partial charge is 0.458 e. The van der Waals surface area contributed by atoms with Gasteiger partial charge in [0.05, 0.1) is 6.10 Å². The van der Waals surface area contributed by atoms with E-state index in [9.17, 15) is 24.6 Å². The number of rotatable bonds is 3. The Labute approximate surface area is 159 Å². The maximum absolute atomic E-state index is 12.6. The lowest BCUT2D eigenvalue weighted by Gasteiger charge is -2.52. The first-order chi connectivity index (χ1) is 12.8. The average molecular weight is 376 g/mol. The lowest BCUT2D eigenvalue weighted by molar-refractivity contribution is -0.160. The Bertz CT molecular complexity index is 697. The van der Waals surface area contributed by atoms with E-state index >= 15 is 0 Å². The second-order valence-electron chi connectivity index (χ2n) is 8.85. The third-order valence-corrected chi connectivity index (χ3v) is 7.62. The van der Waals surface area contributed by atoms with Gasteiger partial charge in [0.1, 0.15) is 5.60 Å². The number of ketones is 2. The summed E-state index contributed by atoms with van der Waals surface area (Å²) < 4.78 is 4.82. The lowest BCUT2D eigenvalue weighted by Crippen LogP contribution is -2.54. The number of hydrogen-bond donors (Lipinski definition) is 2. The van der Waals surface area contributed by atoms with Gasteiger partial charge in [0.2, 0.25) is 5.78 Å². The second-order valence-corrected chi connectivity index (χ2v) is 8.85. The third-order valence-electron chi connectivity index (χ3n) is 7.62. The van der Waals surface area contributed by atoms with Crippen molar-refractivity contribution in [3.63, 3.8) is 0 Å². The number of ether oxygens (including phenoxy) is 1. The van der Waals surface area contributed by atoms with Gasteiger partial charge in [0.25, 0.3) is 0 Å². The minimum atomic E-state index is -1.51. The lowest BCUT2D eigenvalue weighted by atomic mass is 9.54. The van der Waals surface area contributed by atoms with Crippen LogP contribution in [0.1, 0.15) is 51.9 Å². The fraction of sp³-hybridized carbons (Fsp3) is 0.762. The summed E-state index contributed by atoms with van der Waals surface area (Å²) in [6.45, 7) is 0.836. The smallest absolute Gasteiger partial charge is 0.303 e. The van der Waals surface area contributed by atoms with Crippen LogP contribution in [0.4, 0.5) is 0 Å². The van der Waals surface area contributed by atoms with Crippen LogP contribution in [0.15, 0.2) is 11.6 Å². The Hall–Kier alpha value is -1.53. The summed E-state index contributed by atoms with van der Waals surface area (Å²) in [5.41, 5.74) is -0.325. The first-order valence-electron chi connectivity index (χ1n) is 10.1. The molecule has 2 N–H and O–H groups in total. The Balaban J connectivity index is 1.55. The third kappa shape index (κ3) is 3.07. The monoisotopic (exact) mass is 376 g/mol. The van der Waals surface area contributed by atoms with Crippen LogP contribution >= 0.6 is 0 Å². The summed E-state index contributed by atoms with van der Waals surface area (Å²) >= 11 is 0. The van der Waals surface area contributed by atoms with E-state index in [1.165, 1.54) is 12.5 Å². The van der Waals surface area contributed by atoms with Crippen molar-refractivity contribution in [2.24, 2.45) is 29.6 Å². The first-order valence-corrected chi connectivity index (χ1v) is 10.1. The summed E-state index contributed by atoms with van der Waals surface area (Å²) in [6, 6.07) is 0. The number of Topliss-reactive ketones (excluding diaryl/α,β-unsaturated/α-hetero) is 1. The van der Waals surface area contributed by atoms with Gasteiger partial charge >= 0.3 is 5.97 Å². The summed E-state index contributed by atoms with van der Waals surface area (Å²) in [5.74, 6) is -0.248. The SMILES string of the molecule is CC(=O)OCC(=O)[C@]1(O)CC[C@@H]2[C@@H]3CCC4=CC(=O)CC[C@@H]4[C@@H]3[C@@H](O)C[C@@H]21. The van der Waals surface area contributed by atoms with Crippen LogP contribution in [0, 0.1) is 29.6 Å². The highest BCUT2D eigenvalue weighted by molar-refractivity contribution is 5.91. The number of aliphatic hydroxyl groups excluding tert-OH is 1. The number of fused-ring (bicyclic) bond motifs is 5. The molecule has 0 heterocycles. The van der Waals surface area contributed by atoms with E-state index in [4.69, 9.17) is 4.74 Å². The maximum Gasteiger partial charge on any atom is 0.303 e. The molecular weight excluding hydrogens is 348 g/mol. The summed E-state index contributed by atoms with van der Waals surface area (Å²) in [4.78, 5) is 35.4. The number of carbonyl (C=O) groups is 3. The first kappa shape index (κ1) is 18.8. The molecular formula is C21H28O6. The molecule has 0 radical (unpaired) electrons. The summed E-state index contributed by atoms with van der Waals surface area (Å²) in [7, 11) is 0. The van der Waals surface area contributed by atoms with Gasteiger partial charge in [-0.25, -0.2) is 0 Å². The Morgan fingerprint density at radius 3 is 2.74 bits per heavy atom. The molecule has 6 nitrogen and oxygen atoms in total. The number of carbonyl (C=O) groups excluding carboxylic acids is 3. The summed E-state index contributed by atoms with van der Waals surface area (Å²) in [5, 5.41) is 22.1. The van der Waals surface area contributed by atoms with Crippen molar-refractivity contribution in [3.05, 3.63) is 11.6 Å². The molecule has 0 aromatic rings. The van der Waals surface area contributed by atoms with Crippen LogP contribution < -0.4 is 0 Å². The zero-order valence-electron chi connectivity index (χ0n) is 15.7. The van der Waals surface area contributed by atoms with Gasteiger partial charge in [0.15, 0.2) is 12.4 Å². The van der Waals surface area contributed by atoms with Crippen molar-refractivity contribution in [1.29, 1.82) is 0 Å². The highest BCUT2D eigenvalue weighted by Gasteiger charge is 2.60. The molecule has 4 aliphatic carbocycles. The van der Waals surface area contributed by atoms with Crippen LogP contribution in [0.25, 0.3) is 0 Å². The fourth-order valence-electron chi connectivity index (χ4n) is 6.51. The van der Waals surface area contributed by atoms with Gasteiger partial charge in [-0.1, -0.05) is 5.57 Å². The van der Waals surface area contributed by atoms with Gasteiger partial charge in [-0.3, -0.25) is 14.4 Å². The van der Waals surface area contributed by atoms with Crippen molar-refractivity contribution in [1.82, 2.24) is 0 Å². The molecule has 3 saturated carbocycles. The van der Waals surface area contributed by atoms with Crippen LogP contribution in [-0.4, -0.2) is 46.1 Å². The average Bonchev–Trinajstić information content (AvgIpc) is 2.97. The van der Waals surface area contributed by atoms with Crippen molar-refractivity contribution >= 4 is 17.5 Å². The molecule has 148 valence electrons. The number of aliphatic hydroxyl groups is 2. The van der Waals surface area contributed by atoms with E-state index in [1.54, 1.807) is 6.08 Å². The van der Waals surface area contributed by atoms with Crippen LogP contribution in [0.5, 0.6) is 0 Å². The highest BCUT2D eigenvalue weighted by Crippen LogP contribution is 2.59.